The number of aromatic nitrogens is 1. The van der Waals surface area contributed by atoms with Crippen LogP contribution >= 0.6 is 35.3 Å². The van der Waals surface area contributed by atoms with Crippen molar-refractivity contribution in [1.82, 2.24) is 15.6 Å². The molecule has 1 amide bonds. The van der Waals surface area contributed by atoms with Crippen molar-refractivity contribution in [3.8, 4) is 0 Å². The molecule has 164 valence electrons. The van der Waals surface area contributed by atoms with Crippen LogP contribution in [0, 0.1) is 13.8 Å². The van der Waals surface area contributed by atoms with Crippen molar-refractivity contribution in [2.45, 2.75) is 52.8 Å². The number of carbonyl (C=O) groups is 1. The summed E-state index contributed by atoms with van der Waals surface area (Å²) in [5.74, 6) is 0.666. The van der Waals surface area contributed by atoms with Gasteiger partial charge in [0.2, 0.25) is 0 Å². The average Bonchev–Trinajstić information content (AvgIpc) is 3.35. The van der Waals surface area contributed by atoms with Gasteiger partial charge in [-0.15, -0.1) is 35.3 Å². The topological polar surface area (TPSA) is 87.6 Å². The van der Waals surface area contributed by atoms with Crippen LogP contribution in [0.25, 0.3) is 0 Å². The van der Waals surface area contributed by atoms with E-state index in [0.29, 0.717) is 19.7 Å². The zero-order chi connectivity index (χ0) is 20.6. The van der Waals surface area contributed by atoms with Crippen LogP contribution in [0.1, 0.15) is 40.9 Å². The number of benzene rings is 1. The Morgan fingerprint density at radius 1 is 1.33 bits per heavy atom. The Balaban J connectivity index is 0.00000320. The molecule has 0 saturated carbocycles. The van der Waals surface area contributed by atoms with E-state index in [-0.39, 0.29) is 36.0 Å². The van der Waals surface area contributed by atoms with E-state index in [1.807, 2.05) is 38.1 Å². The van der Waals surface area contributed by atoms with E-state index in [1.165, 1.54) is 4.88 Å². The van der Waals surface area contributed by atoms with E-state index in [2.05, 4.69) is 32.9 Å². The molecule has 2 aromatic rings. The highest BCUT2D eigenvalue weighted by molar-refractivity contribution is 14.0. The second kappa shape index (κ2) is 12.2. The first-order valence-electron chi connectivity index (χ1n) is 10.0. The summed E-state index contributed by atoms with van der Waals surface area (Å²) in [6.45, 7) is 8.74. The van der Waals surface area contributed by atoms with E-state index in [1.54, 1.807) is 11.3 Å². The Morgan fingerprint density at radius 2 is 2.17 bits per heavy atom. The zero-order valence-corrected chi connectivity index (χ0v) is 20.8. The molecule has 30 heavy (non-hydrogen) atoms. The first-order chi connectivity index (χ1) is 14.0. The third kappa shape index (κ3) is 7.21. The number of anilines is 1. The number of amides is 1. The minimum atomic E-state index is -0.334. The Hall–Kier alpha value is -1.72. The molecule has 1 aromatic carbocycles. The molecular formula is C21H30IN5O2S. The van der Waals surface area contributed by atoms with Crippen LogP contribution in [0.3, 0.4) is 0 Å². The highest BCUT2D eigenvalue weighted by atomic mass is 127. The Labute approximate surface area is 199 Å². The molecule has 2 heterocycles. The molecule has 1 fully saturated rings. The molecular weight excluding hydrogens is 513 g/mol. The molecule has 1 atom stereocenters. The van der Waals surface area contributed by atoms with Gasteiger partial charge in [-0.25, -0.2) is 9.98 Å². The summed E-state index contributed by atoms with van der Waals surface area (Å²) in [4.78, 5) is 22.7. The summed E-state index contributed by atoms with van der Waals surface area (Å²) >= 11 is 1.70. The summed E-state index contributed by atoms with van der Waals surface area (Å²) in [6.07, 6.45) is 1.39. The van der Waals surface area contributed by atoms with Crippen molar-refractivity contribution in [2.24, 2.45) is 4.99 Å². The standard InChI is InChI=1S/C21H29N5O2S.HI/c1-4-22-21(24-13-19-25-14(2)15(3)29-19)23-12-16-7-5-8-17(11-16)26-20(27)18-9-6-10-28-18;/h5,7-8,11,18H,4,6,9-10,12-13H2,1-3H3,(H,26,27)(H2,22,23,24);1H. The fourth-order valence-electron chi connectivity index (χ4n) is 3.04. The maximum absolute atomic E-state index is 12.2. The summed E-state index contributed by atoms with van der Waals surface area (Å²) in [6, 6.07) is 7.77. The van der Waals surface area contributed by atoms with Gasteiger partial charge in [0.1, 0.15) is 11.1 Å². The minimum absolute atomic E-state index is 0. The van der Waals surface area contributed by atoms with E-state index < -0.39 is 0 Å². The molecule has 1 unspecified atom stereocenters. The monoisotopic (exact) mass is 543 g/mol. The molecule has 0 bridgehead atoms. The van der Waals surface area contributed by atoms with Gasteiger partial charge in [-0.3, -0.25) is 4.79 Å². The van der Waals surface area contributed by atoms with Crippen LogP contribution < -0.4 is 16.0 Å². The van der Waals surface area contributed by atoms with Crippen LogP contribution in [-0.4, -0.2) is 36.1 Å². The van der Waals surface area contributed by atoms with Gasteiger partial charge in [0, 0.05) is 23.7 Å². The van der Waals surface area contributed by atoms with Gasteiger partial charge < -0.3 is 20.7 Å². The lowest BCUT2D eigenvalue weighted by Gasteiger charge is -2.12. The summed E-state index contributed by atoms with van der Waals surface area (Å²) in [5.41, 5.74) is 2.87. The van der Waals surface area contributed by atoms with Crippen molar-refractivity contribution in [3.05, 3.63) is 45.4 Å². The molecule has 1 aliphatic heterocycles. The van der Waals surface area contributed by atoms with Crippen LogP contribution in [-0.2, 0) is 22.6 Å². The number of hydrogen-bond donors (Lipinski definition) is 3. The Morgan fingerprint density at radius 3 is 2.83 bits per heavy atom. The number of ether oxygens (including phenoxy) is 1. The predicted molar refractivity (Wildman–Crippen MR) is 133 cm³/mol. The van der Waals surface area contributed by atoms with Crippen molar-refractivity contribution in [2.75, 3.05) is 18.5 Å². The molecule has 9 heteroatoms. The maximum Gasteiger partial charge on any atom is 0.253 e. The van der Waals surface area contributed by atoms with Crippen molar-refractivity contribution < 1.29 is 9.53 Å². The summed E-state index contributed by atoms with van der Waals surface area (Å²) in [5, 5.41) is 10.6. The summed E-state index contributed by atoms with van der Waals surface area (Å²) in [7, 11) is 0. The van der Waals surface area contributed by atoms with Gasteiger partial charge in [-0.2, -0.15) is 0 Å². The number of aryl methyl sites for hydroxylation is 2. The van der Waals surface area contributed by atoms with Gasteiger partial charge in [0.25, 0.3) is 5.91 Å². The fourth-order valence-corrected chi connectivity index (χ4v) is 3.91. The van der Waals surface area contributed by atoms with Crippen LogP contribution in [0.15, 0.2) is 29.3 Å². The largest absolute Gasteiger partial charge is 0.368 e. The first kappa shape index (κ1) is 24.5. The number of rotatable bonds is 7. The Kier molecular flexibility index (Phi) is 9.99. The highest BCUT2D eigenvalue weighted by Gasteiger charge is 2.23. The second-order valence-corrected chi connectivity index (χ2v) is 8.28. The number of halogens is 1. The SMILES string of the molecule is CCNC(=NCc1cccc(NC(=O)C2CCCO2)c1)NCc1nc(C)c(C)s1.I. The molecule has 1 aliphatic rings. The maximum atomic E-state index is 12.2. The first-order valence-corrected chi connectivity index (χ1v) is 10.8. The van der Waals surface area contributed by atoms with E-state index in [0.717, 1.165) is 47.3 Å². The molecule has 0 aliphatic carbocycles. The van der Waals surface area contributed by atoms with Crippen molar-refractivity contribution in [3.63, 3.8) is 0 Å². The third-order valence-electron chi connectivity index (χ3n) is 4.66. The van der Waals surface area contributed by atoms with E-state index >= 15 is 0 Å². The van der Waals surface area contributed by atoms with E-state index in [4.69, 9.17) is 4.74 Å². The molecule has 3 N–H and O–H groups in total. The third-order valence-corrected chi connectivity index (χ3v) is 5.73. The molecule has 3 rings (SSSR count). The number of carbonyl (C=O) groups excluding carboxylic acids is 1. The van der Waals surface area contributed by atoms with Crippen LogP contribution in [0.4, 0.5) is 5.69 Å². The number of nitrogens with one attached hydrogen (secondary N) is 3. The second-order valence-electron chi connectivity index (χ2n) is 6.99. The molecule has 1 saturated heterocycles. The average molecular weight is 543 g/mol. The smallest absolute Gasteiger partial charge is 0.253 e. The lowest BCUT2D eigenvalue weighted by molar-refractivity contribution is -0.124. The zero-order valence-electron chi connectivity index (χ0n) is 17.7. The number of hydrogen-bond acceptors (Lipinski definition) is 5. The number of thiazole rings is 1. The van der Waals surface area contributed by atoms with Gasteiger partial charge >= 0.3 is 0 Å². The lowest BCUT2D eigenvalue weighted by Crippen LogP contribution is -2.36. The quantitative estimate of drug-likeness (QED) is 0.281. The molecule has 0 radical (unpaired) electrons. The lowest BCUT2D eigenvalue weighted by atomic mass is 10.2. The van der Waals surface area contributed by atoms with E-state index in [9.17, 15) is 4.79 Å². The van der Waals surface area contributed by atoms with Crippen LogP contribution in [0.5, 0.6) is 0 Å². The van der Waals surface area contributed by atoms with Crippen molar-refractivity contribution in [1.29, 1.82) is 0 Å². The molecule has 7 nitrogen and oxygen atoms in total. The fraction of sp³-hybridized carbons (Fsp3) is 0.476. The minimum Gasteiger partial charge on any atom is -0.368 e. The van der Waals surface area contributed by atoms with Crippen molar-refractivity contribution >= 4 is 52.9 Å². The number of aliphatic imine (C=N–C) groups is 1. The van der Waals surface area contributed by atoms with Gasteiger partial charge in [-0.05, 0) is 51.3 Å². The summed E-state index contributed by atoms with van der Waals surface area (Å²) < 4.78 is 5.44. The van der Waals surface area contributed by atoms with Gasteiger partial charge in [0.05, 0.1) is 18.8 Å². The highest BCUT2D eigenvalue weighted by Crippen LogP contribution is 2.17. The number of guanidine groups is 1. The van der Waals surface area contributed by atoms with Gasteiger partial charge in [-0.1, -0.05) is 12.1 Å². The Bertz CT molecular complexity index is 845. The van der Waals surface area contributed by atoms with Gasteiger partial charge in [0.15, 0.2) is 5.96 Å². The molecule has 1 aromatic heterocycles. The normalized spacial score (nSPS) is 16.1. The number of nitrogens with zero attached hydrogens (tertiary/aromatic N) is 2. The predicted octanol–water partition coefficient (Wildman–Crippen LogP) is 3.75. The van der Waals surface area contributed by atoms with Crippen LogP contribution in [0.2, 0.25) is 0 Å². The molecule has 0 spiro atoms.